The van der Waals surface area contributed by atoms with Crippen LogP contribution in [-0.2, 0) is 11.3 Å². The van der Waals surface area contributed by atoms with Crippen molar-refractivity contribution in [3.63, 3.8) is 0 Å². The Morgan fingerprint density at radius 3 is 2.67 bits per heavy atom. The number of hydrogen-bond acceptors (Lipinski definition) is 5. The van der Waals surface area contributed by atoms with Gasteiger partial charge in [0, 0.05) is 5.69 Å². The first-order valence-electron chi connectivity index (χ1n) is 9.26. The summed E-state index contributed by atoms with van der Waals surface area (Å²) >= 11 is 0. The second kappa shape index (κ2) is 7.64. The minimum absolute atomic E-state index is 0.201. The van der Waals surface area contributed by atoms with Gasteiger partial charge >= 0.3 is 0 Å². The van der Waals surface area contributed by atoms with Crippen LogP contribution in [0, 0.1) is 25.2 Å². The molecule has 148 valence electrons. The number of carbonyl (C=O) groups excluding carboxylic acids is 1. The Kier molecular flexibility index (Phi) is 4.86. The number of carbonyl (C=O) groups is 1. The third kappa shape index (κ3) is 3.69. The molecule has 0 bridgehead atoms. The van der Waals surface area contributed by atoms with Crippen molar-refractivity contribution >= 4 is 22.6 Å². The van der Waals surface area contributed by atoms with Crippen LogP contribution in [0.3, 0.4) is 0 Å². The maximum Gasteiger partial charge on any atom is 0.264 e. The SMILES string of the molecule is Cc1cc(C)cc(-n2ncc3c(=O)n(CC(=O)Nc4cccc(C#N)c4)cnc32)c1. The Balaban J connectivity index is 1.62. The lowest BCUT2D eigenvalue weighted by Crippen LogP contribution is -2.27. The van der Waals surface area contributed by atoms with Crippen molar-refractivity contribution in [1.29, 1.82) is 5.26 Å². The van der Waals surface area contributed by atoms with E-state index in [2.05, 4.69) is 21.5 Å². The molecule has 2 aromatic carbocycles. The highest BCUT2D eigenvalue weighted by Crippen LogP contribution is 2.17. The number of benzene rings is 2. The highest BCUT2D eigenvalue weighted by molar-refractivity contribution is 5.90. The van der Waals surface area contributed by atoms with Gasteiger partial charge in [0.2, 0.25) is 5.91 Å². The van der Waals surface area contributed by atoms with Gasteiger partial charge in [-0.3, -0.25) is 14.2 Å². The summed E-state index contributed by atoms with van der Waals surface area (Å²) in [7, 11) is 0. The molecule has 0 unspecified atom stereocenters. The largest absolute Gasteiger partial charge is 0.324 e. The smallest absolute Gasteiger partial charge is 0.264 e. The van der Waals surface area contributed by atoms with E-state index in [1.165, 1.54) is 17.1 Å². The number of anilines is 1. The van der Waals surface area contributed by atoms with Crippen molar-refractivity contribution in [2.45, 2.75) is 20.4 Å². The highest BCUT2D eigenvalue weighted by Gasteiger charge is 2.14. The third-order valence-corrected chi connectivity index (χ3v) is 4.59. The number of amides is 1. The van der Waals surface area contributed by atoms with E-state index < -0.39 is 5.91 Å². The maximum atomic E-state index is 12.8. The van der Waals surface area contributed by atoms with E-state index in [1.54, 1.807) is 28.9 Å². The standard InChI is InChI=1S/C22H18N6O2/c1-14-6-15(2)8-18(7-14)28-21-19(11-25-28)22(30)27(13-24-21)12-20(29)26-17-5-3-4-16(9-17)10-23/h3-9,11,13H,12H2,1-2H3,(H,26,29). The summed E-state index contributed by atoms with van der Waals surface area (Å²) in [6, 6.07) is 14.6. The van der Waals surface area contributed by atoms with Crippen LogP contribution in [0.4, 0.5) is 5.69 Å². The average Bonchev–Trinajstić information content (AvgIpc) is 3.14. The lowest BCUT2D eigenvalue weighted by atomic mass is 10.1. The average molecular weight is 398 g/mol. The Hall–Kier alpha value is -4.25. The zero-order valence-corrected chi connectivity index (χ0v) is 16.5. The number of aryl methyl sites for hydroxylation is 2. The molecule has 8 heteroatoms. The normalized spacial score (nSPS) is 10.7. The molecule has 4 rings (SSSR count). The molecule has 4 aromatic rings. The van der Waals surface area contributed by atoms with E-state index in [0.29, 0.717) is 22.3 Å². The molecule has 0 saturated carbocycles. The predicted octanol–water partition coefficient (Wildman–Crippen LogP) is 2.71. The molecule has 30 heavy (non-hydrogen) atoms. The quantitative estimate of drug-likeness (QED) is 0.569. The molecular formula is C22H18N6O2. The van der Waals surface area contributed by atoms with Crippen molar-refractivity contribution in [3.05, 3.63) is 82.0 Å². The number of fused-ring (bicyclic) bond motifs is 1. The van der Waals surface area contributed by atoms with Crippen molar-refractivity contribution < 1.29 is 4.79 Å². The minimum atomic E-state index is -0.393. The lowest BCUT2D eigenvalue weighted by molar-refractivity contribution is -0.116. The minimum Gasteiger partial charge on any atom is -0.324 e. The van der Waals surface area contributed by atoms with Crippen LogP contribution in [0.1, 0.15) is 16.7 Å². The van der Waals surface area contributed by atoms with Crippen molar-refractivity contribution in [3.8, 4) is 11.8 Å². The topological polar surface area (TPSA) is 106 Å². The summed E-state index contributed by atoms with van der Waals surface area (Å²) in [5, 5.41) is 16.3. The fourth-order valence-electron chi connectivity index (χ4n) is 3.34. The third-order valence-electron chi connectivity index (χ3n) is 4.59. The summed E-state index contributed by atoms with van der Waals surface area (Å²) in [4.78, 5) is 29.6. The van der Waals surface area contributed by atoms with Crippen LogP contribution in [0.2, 0.25) is 0 Å². The fraction of sp³-hybridized carbons (Fsp3) is 0.136. The summed E-state index contributed by atoms with van der Waals surface area (Å²) < 4.78 is 2.86. The van der Waals surface area contributed by atoms with Crippen LogP contribution in [0.15, 0.2) is 59.8 Å². The van der Waals surface area contributed by atoms with Gasteiger partial charge in [0.25, 0.3) is 5.56 Å². The molecule has 2 heterocycles. The number of rotatable bonds is 4. The van der Waals surface area contributed by atoms with E-state index in [4.69, 9.17) is 5.26 Å². The van der Waals surface area contributed by atoms with Gasteiger partial charge in [-0.05, 0) is 55.3 Å². The van der Waals surface area contributed by atoms with Crippen LogP contribution in [0.25, 0.3) is 16.7 Å². The van der Waals surface area contributed by atoms with E-state index in [0.717, 1.165) is 16.8 Å². The molecule has 0 aliphatic rings. The fourth-order valence-corrected chi connectivity index (χ4v) is 3.34. The zero-order chi connectivity index (χ0) is 21.3. The molecule has 0 radical (unpaired) electrons. The molecule has 8 nitrogen and oxygen atoms in total. The van der Waals surface area contributed by atoms with Gasteiger partial charge < -0.3 is 5.32 Å². The lowest BCUT2D eigenvalue weighted by Gasteiger charge is -2.08. The van der Waals surface area contributed by atoms with Gasteiger partial charge in [-0.15, -0.1) is 0 Å². The van der Waals surface area contributed by atoms with Crippen LogP contribution in [-0.4, -0.2) is 25.2 Å². The maximum absolute atomic E-state index is 12.8. The Bertz CT molecular complexity index is 1360. The molecule has 0 atom stereocenters. The van der Waals surface area contributed by atoms with Crippen LogP contribution in [0.5, 0.6) is 0 Å². The van der Waals surface area contributed by atoms with Gasteiger partial charge in [0.15, 0.2) is 5.65 Å². The second-order valence-electron chi connectivity index (χ2n) is 7.06. The summed E-state index contributed by atoms with van der Waals surface area (Å²) in [6.07, 6.45) is 2.81. The van der Waals surface area contributed by atoms with E-state index in [-0.39, 0.29) is 12.1 Å². The first-order chi connectivity index (χ1) is 14.4. The van der Waals surface area contributed by atoms with E-state index in [9.17, 15) is 9.59 Å². The van der Waals surface area contributed by atoms with Gasteiger partial charge in [0.05, 0.1) is 23.5 Å². The molecule has 0 spiro atoms. The Labute approximate surface area is 172 Å². The number of nitrogens with zero attached hydrogens (tertiary/aromatic N) is 5. The highest BCUT2D eigenvalue weighted by atomic mass is 16.2. The molecular weight excluding hydrogens is 380 g/mol. The molecule has 1 N–H and O–H groups in total. The van der Waals surface area contributed by atoms with Gasteiger partial charge in [0.1, 0.15) is 18.3 Å². The molecule has 0 fully saturated rings. The number of nitrogens with one attached hydrogen (secondary N) is 1. The molecule has 0 aliphatic heterocycles. The summed E-state index contributed by atoms with van der Waals surface area (Å²) in [6.45, 7) is 3.79. The number of hydrogen-bond donors (Lipinski definition) is 1. The Morgan fingerprint density at radius 1 is 1.17 bits per heavy atom. The molecule has 0 saturated heterocycles. The monoisotopic (exact) mass is 398 g/mol. The second-order valence-corrected chi connectivity index (χ2v) is 7.06. The number of aromatic nitrogens is 4. The van der Waals surface area contributed by atoms with E-state index >= 15 is 0 Å². The van der Waals surface area contributed by atoms with Crippen molar-refractivity contribution in [2.75, 3.05) is 5.32 Å². The van der Waals surface area contributed by atoms with Gasteiger partial charge in [-0.2, -0.15) is 10.4 Å². The van der Waals surface area contributed by atoms with Gasteiger partial charge in [-0.1, -0.05) is 12.1 Å². The predicted molar refractivity (Wildman–Crippen MR) is 112 cm³/mol. The summed E-state index contributed by atoms with van der Waals surface area (Å²) in [5.41, 5.74) is 4.00. The van der Waals surface area contributed by atoms with E-state index in [1.807, 2.05) is 32.0 Å². The van der Waals surface area contributed by atoms with Crippen molar-refractivity contribution in [1.82, 2.24) is 19.3 Å². The Morgan fingerprint density at radius 2 is 1.93 bits per heavy atom. The van der Waals surface area contributed by atoms with Crippen LogP contribution >= 0.6 is 0 Å². The summed E-state index contributed by atoms with van der Waals surface area (Å²) in [5.74, 6) is -0.393. The molecule has 0 aliphatic carbocycles. The zero-order valence-electron chi connectivity index (χ0n) is 16.5. The first kappa shape index (κ1) is 19.1. The van der Waals surface area contributed by atoms with Crippen LogP contribution < -0.4 is 10.9 Å². The van der Waals surface area contributed by atoms with Crippen molar-refractivity contribution in [2.24, 2.45) is 0 Å². The molecule has 2 aromatic heterocycles. The molecule has 1 amide bonds. The first-order valence-corrected chi connectivity index (χ1v) is 9.26. The number of nitriles is 1. The van der Waals surface area contributed by atoms with Gasteiger partial charge in [-0.25, -0.2) is 9.67 Å².